The van der Waals surface area contributed by atoms with Gasteiger partial charge in [-0.2, -0.15) is 0 Å². The van der Waals surface area contributed by atoms with Crippen molar-refractivity contribution in [3.63, 3.8) is 0 Å². The van der Waals surface area contributed by atoms with Gasteiger partial charge in [-0.1, -0.05) is 30.7 Å². The zero-order valence-electron chi connectivity index (χ0n) is 10.1. The average Bonchev–Trinajstić information content (AvgIpc) is 2.28. The van der Waals surface area contributed by atoms with Crippen molar-refractivity contribution in [3.8, 4) is 5.75 Å². The Labute approximate surface area is 97.6 Å². The molecule has 1 N–H and O–H groups in total. The minimum absolute atomic E-state index is 0.443. The van der Waals surface area contributed by atoms with Gasteiger partial charge in [0, 0.05) is 12.0 Å². The molecule has 1 atom stereocenters. The van der Waals surface area contributed by atoms with Crippen molar-refractivity contribution in [3.05, 3.63) is 42.0 Å². The lowest BCUT2D eigenvalue weighted by molar-refractivity contribution is 0.167. The van der Waals surface area contributed by atoms with Gasteiger partial charge in [0.15, 0.2) is 0 Å². The number of hydrogen-bond donors (Lipinski definition) is 1. The number of hydrogen-bond acceptors (Lipinski definition) is 2. The van der Waals surface area contributed by atoms with Crippen LogP contribution in [0.4, 0.5) is 0 Å². The Morgan fingerprint density at radius 3 is 2.75 bits per heavy atom. The summed E-state index contributed by atoms with van der Waals surface area (Å²) in [5.74, 6) is 0.776. The van der Waals surface area contributed by atoms with E-state index in [9.17, 15) is 5.11 Å². The summed E-state index contributed by atoms with van der Waals surface area (Å²) in [5.41, 5.74) is 1.97. The number of aliphatic hydroxyl groups excluding tert-OH is 1. The normalized spacial score (nSPS) is 12.2. The van der Waals surface area contributed by atoms with Crippen molar-refractivity contribution in [1.29, 1.82) is 0 Å². The maximum absolute atomic E-state index is 9.82. The van der Waals surface area contributed by atoms with Crippen LogP contribution in [0, 0.1) is 0 Å². The fraction of sp³-hybridized carbons (Fsp3) is 0.429. The second kappa shape index (κ2) is 6.33. The van der Waals surface area contributed by atoms with Gasteiger partial charge in [-0.05, 0) is 19.4 Å². The van der Waals surface area contributed by atoms with E-state index in [1.165, 1.54) is 0 Å². The van der Waals surface area contributed by atoms with E-state index in [0.29, 0.717) is 13.0 Å². The first kappa shape index (κ1) is 12.8. The summed E-state index contributed by atoms with van der Waals surface area (Å²) in [6.07, 6.45) is 1.10. The highest BCUT2D eigenvalue weighted by Gasteiger charge is 2.10. The molecule has 16 heavy (non-hydrogen) atoms. The van der Waals surface area contributed by atoms with Crippen LogP contribution in [0.1, 0.15) is 38.4 Å². The van der Waals surface area contributed by atoms with Gasteiger partial charge in [0.05, 0.1) is 12.7 Å². The van der Waals surface area contributed by atoms with Gasteiger partial charge in [-0.25, -0.2) is 0 Å². The van der Waals surface area contributed by atoms with Gasteiger partial charge in [-0.15, -0.1) is 6.58 Å². The Kier molecular flexibility index (Phi) is 5.06. The predicted molar refractivity (Wildman–Crippen MR) is 66.6 cm³/mol. The molecule has 0 spiro atoms. The molecule has 0 aliphatic carbocycles. The van der Waals surface area contributed by atoms with Crippen LogP contribution in [0.25, 0.3) is 0 Å². The van der Waals surface area contributed by atoms with Crippen LogP contribution in [0.15, 0.2) is 36.4 Å². The quantitative estimate of drug-likeness (QED) is 0.744. The fourth-order valence-corrected chi connectivity index (χ4v) is 1.44. The Morgan fingerprint density at radius 1 is 1.44 bits per heavy atom. The summed E-state index contributed by atoms with van der Waals surface area (Å²) < 4.78 is 5.65. The van der Waals surface area contributed by atoms with E-state index in [1.54, 1.807) is 0 Å². The van der Waals surface area contributed by atoms with Crippen LogP contribution in [-0.4, -0.2) is 11.7 Å². The molecular formula is C14H20O2. The maximum Gasteiger partial charge on any atom is 0.125 e. The predicted octanol–water partition coefficient (Wildman–Crippen LogP) is 3.48. The standard InChI is InChI=1S/C14H20O2/c1-4-13(15)12-7-5-6-8-14(12)16-10-9-11(2)3/h5-8,13,15H,2,4,9-10H2,1,3H3/t13-/m0/s1. The number of ether oxygens (including phenoxy) is 1. The summed E-state index contributed by atoms with van der Waals surface area (Å²) in [5, 5.41) is 9.82. The van der Waals surface area contributed by atoms with Crippen LogP contribution >= 0.6 is 0 Å². The fourth-order valence-electron chi connectivity index (χ4n) is 1.44. The van der Waals surface area contributed by atoms with Crippen molar-refractivity contribution >= 4 is 0 Å². The van der Waals surface area contributed by atoms with Crippen LogP contribution in [0.3, 0.4) is 0 Å². The third-order valence-corrected chi connectivity index (χ3v) is 2.45. The number of aliphatic hydroxyl groups is 1. The highest BCUT2D eigenvalue weighted by atomic mass is 16.5. The summed E-state index contributed by atoms with van der Waals surface area (Å²) >= 11 is 0. The molecule has 0 saturated heterocycles. The third kappa shape index (κ3) is 3.70. The number of benzene rings is 1. The van der Waals surface area contributed by atoms with Crippen molar-refractivity contribution in [2.24, 2.45) is 0 Å². The first-order valence-electron chi connectivity index (χ1n) is 5.69. The minimum Gasteiger partial charge on any atom is -0.493 e. The van der Waals surface area contributed by atoms with Crippen molar-refractivity contribution < 1.29 is 9.84 Å². The summed E-state index contributed by atoms with van der Waals surface area (Å²) in [6.45, 7) is 8.38. The van der Waals surface area contributed by atoms with E-state index in [2.05, 4.69) is 6.58 Å². The lowest BCUT2D eigenvalue weighted by Gasteiger charge is -2.14. The molecule has 1 aromatic carbocycles. The average molecular weight is 220 g/mol. The molecule has 2 nitrogen and oxygen atoms in total. The van der Waals surface area contributed by atoms with Gasteiger partial charge in [0.2, 0.25) is 0 Å². The minimum atomic E-state index is -0.443. The van der Waals surface area contributed by atoms with Crippen molar-refractivity contribution in [1.82, 2.24) is 0 Å². The second-order valence-corrected chi connectivity index (χ2v) is 4.02. The molecule has 1 aromatic rings. The molecule has 0 saturated carbocycles. The highest BCUT2D eigenvalue weighted by Crippen LogP contribution is 2.26. The summed E-state index contributed by atoms with van der Waals surface area (Å²) in [4.78, 5) is 0. The Bertz CT molecular complexity index is 344. The molecular weight excluding hydrogens is 200 g/mol. The van der Waals surface area contributed by atoms with E-state index in [-0.39, 0.29) is 0 Å². The van der Waals surface area contributed by atoms with Crippen LogP contribution in [0.2, 0.25) is 0 Å². The number of rotatable bonds is 6. The Morgan fingerprint density at radius 2 is 2.12 bits per heavy atom. The van der Waals surface area contributed by atoms with Gasteiger partial charge < -0.3 is 9.84 Å². The van der Waals surface area contributed by atoms with E-state index >= 15 is 0 Å². The molecule has 0 aliphatic rings. The molecule has 0 aromatic heterocycles. The molecule has 88 valence electrons. The zero-order valence-corrected chi connectivity index (χ0v) is 10.1. The molecule has 2 heteroatoms. The van der Waals surface area contributed by atoms with Gasteiger partial charge in [0.1, 0.15) is 5.75 Å². The lowest BCUT2D eigenvalue weighted by Crippen LogP contribution is -2.03. The van der Waals surface area contributed by atoms with Gasteiger partial charge in [0.25, 0.3) is 0 Å². The van der Waals surface area contributed by atoms with Crippen LogP contribution in [-0.2, 0) is 0 Å². The van der Waals surface area contributed by atoms with Gasteiger partial charge >= 0.3 is 0 Å². The van der Waals surface area contributed by atoms with E-state index in [4.69, 9.17) is 4.74 Å². The van der Waals surface area contributed by atoms with Gasteiger partial charge in [-0.3, -0.25) is 0 Å². The van der Waals surface area contributed by atoms with Crippen LogP contribution in [0.5, 0.6) is 5.75 Å². The molecule has 0 fully saturated rings. The molecule has 1 rings (SSSR count). The number of para-hydroxylation sites is 1. The summed E-state index contributed by atoms with van der Waals surface area (Å²) in [7, 11) is 0. The SMILES string of the molecule is C=C(C)CCOc1ccccc1[C@@H](O)CC. The lowest BCUT2D eigenvalue weighted by atomic mass is 10.1. The van der Waals surface area contributed by atoms with E-state index < -0.39 is 6.10 Å². The monoisotopic (exact) mass is 220 g/mol. The highest BCUT2D eigenvalue weighted by molar-refractivity contribution is 5.35. The first-order valence-corrected chi connectivity index (χ1v) is 5.69. The topological polar surface area (TPSA) is 29.5 Å². The molecule has 0 bridgehead atoms. The molecule has 0 aliphatic heterocycles. The largest absolute Gasteiger partial charge is 0.493 e. The Balaban J connectivity index is 2.67. The smallest absolute Gasteiger partial charge is 0.125 e. The van der Waals surface area contributed by atoms with Crippen molar-refractivity contribution in [2.75, 3.05) is 6.61 Å². The molecule has 0 amide bonds. The van der Waals surface area contributed by atoms with E-state index in [0.717, 1.165) is 23.3 Å². The first-order chi connectivity index (χ1) is 7.65. The molecule has 0 radical (unpaired) electrons. The summed E-state index contributed by atoms with van der Waals surface area (Å²) in [6, 6.07) is 7.64. The zero-order chi connectivity index (χ0) is 12.0. The molecule has 0 unspecified atom stereocenters. The van der Waals surface area contributed by atoms with Crippen LogP contribution < -0.4 is 4.74 Å². The van der Waals surface area contributed by atoms with Crippen molar-refractivity contribution in [2.45, 2.75) is 32.8 Å². The Hall–Kier alpha value is -1.28. The maximum atomic E-state index is 9.82. The van der Waals surface area contributed by atoms with E-state index in [1.807, 2.05) is 38.1 Å². The second-order valence-electron chi connectivity index (χ2n) is 4.02. The molecule has 0 heterocycles. The third-order valence-electron chi connectivity index (χ3n) is 2.45.